The quantitative estimate of drug-likeness (QED) is 0.701. The van der Waals surface area contributed by atoms with E-state index in [2.05, 4.69) is 72.7 Å². The summed E-state index contributed by atoms with van der Waals surface area (Å²) in [4.78, 5) is 0. The summed E-state index contributed by atoms with van der Waals surface area (Å²) >= 11 is 0. The number of hydrogen-bond acceptors (Lipinski definition) is 3. The predicted octanol–water partition coefficient (Wildman–Crippen LogP) is 4.44. The lowest BCUT2D eigenvalue weighted by atomic mass is 9.87. The molecule has 3 aromatic rings. The Morgan fingerprint density at radius 3 is 2.50 bits per heavy atom. The van der Waals surface area contributed by atoms with E-state index in [4.69, 9.17) is 4.74 Å². The third-order valence-corrected chi connectivity index (χ3v) is 4.71. The Hall–Kier alpha value is -2.46. The van der Waals surface area contributed by atoms with Crippen LogP contribution in [0.3, 0.4) is 0 Å². The van der Waals surface area contributed by atoms with E-state index in [1.807, 2.05) is 4.68 Å². The van der Waals surface area contributed by atoms with E-state index in [1.165, 1.54) is 16.7 Å². The van der Waals surface area contributed by atoms with E-state index in [0.717, 1.165) is 23.4 Å². The number of benzene rings is 2. The van der Waals surface area contributed by atoms with E-state index < -0.39 is 0 Å². The van der Waals surface area contributed by atoms with Crippen molar-refractivity contribution in [1.82, 2.24) is 15.0 Å². The zero-order valence-corrected chi connectivity index (χ0v) is 14.2. The van der Waals surface area contributed by atoms with Gasteiger partial charge in [0, 0.05) is 30.7 Å². The number of nitrogens with zero attached hydrogens (tertiary/aromatic N) is 3. The molecule has 0 aliphatic heterocycles. The van der Waals surface area contributed by atoms with E-state index in [-0.39, 0.29) is 12.1 Å². The number of methoxy groups -OCH3 is 1. The molecule has 0 radical (unpaired) electrons. The van der Waals surface area contributed by atoms with Crippen LogP contribution < -0.4 is 0 Å². The summed E-state index contributed by atoms with van der Waals surface area (Å²) in [6, 6.07) is 17.1. The van der Waals surface area contributed by atoms with Gasteiger partial charge >= 0.3 is 0 Å². The first kappa shape index (κ1) is 15.1. The molecule has 0 bridgehead atoms. The lowest BCUT2D eigenvalue weighted by Crippen LogP contribution is -2.12. The summed E-state index contributed by atoms with van der Waals surface area (Å²) in [6.45, 7) is 4.28. The molecule has 0 saturated heterocycles. The SMILES string of the molecule is COC1Cc2ccccc2-c2c(nnn2C(C)C)-c2ccccc21. The highest BCUT2D eigenvalue weighted by Crippen LogP contribution is 2.41. The first-order chi connectivity index (χ1) is 11.7. The minimum atomic E-state index is 0.0136. The monoisotopic (exact) mass is 319 g/mol. The fourth-order valence-corrected chi connectivity index (χ4v) is 3.53. The largest absolute Gasteiger partial charge is 0.376 e. The maximum absolute atomic E-state index is 5.82. The molecule has 0 spiro atoms. The lowest BCUT2D eigenvalue weighted by molar-refractivity contribution is 0.104. The van der Waals surface area contributed by atoms with E-state index in [0.29, 0.717) is 0 Å². The molecule has 0 N–H and O–H groups in total. The van der Waals surface area contributed by atoms with Crippen molar-refractivity contribution in [3.63, 3.8) is 0 Å². The van der Waals surface area contributed by atoms with Crippen LogP contribution in [0.5, 0.6) is 0 Å². The van der Waals surface area contributed by atoms with Crippen molar-refractivity contribution in [3.8, 4) is 22.5 Å². The Kier molecular flexibility index (Phi) is 3.69. The zero-order valence-electron chi connectivity index (χ0n) is 14.2. The van der Waals surface area contributed by atoms with Crippen molar-refractivity contribution in [2.45, 2.75) is 32.4 Å². The van der Waals surface area contributed by atoms with Gasteiger partial charge in [-0.05, 0) is 25.0 Å². The topological polar surface area (TPSA) is 39.9 Å². The van der Waals surface area contributed by atoms with Crippen LogP contribution in [0.25, 0.3) is 22.5 Å². The summed E-state index contributed by atoms with van der Waals surface area (Å²) in [5.41, 5.74) is 6.79. The summed E-state index contributed by atoms with van der Waals surface area (Å²) in [5, 5.41) is 9.00. The van der Waals surface area contributed by atoms with Gasteiger partial charge in [0.1, 0.15) is 5.69 Å². The molecular formula is C20H21N3O. The molecule has 4 rings (SSSR count). The molecule has 122 valence electrons. The molecule has 4 nitrogen and oxygen atoms in total. The second-order valence-corrected chi connectivity index (χ2v) is 6.50. The fraction of sp³-hybridized carbons (Fsp3) is 0.300. The third kappa shape index (κ3) is 2.26. The van der Waals surface area contributed by atoms with Gasteiger partial charge in [0.25, 0.3) is 0 Å². The lowest BCUT2D eigenvalue weighted by Gasteiger charge is -2.24. The Morgan fingerprint density at radius 1 is 1.04 bits per heavy atom. The summed E-state index contributed by atoms with van der Waals surface area (Å²) < 4.78 is 7.85. The maximum atomic E-state index is 5.82. The molecule has 1 aliphatic rings. The van der Waals surface area contributed by atoms with Crippen molar-refractivity contribution in [1.29, 1.82) is 0 Å². The minimum Gasteiger partial charge on any atom is -0.376 e. The third-order valence-electron chi connectivity index (χ3n) is 4.71. The highest BCUT2D eigenvalue weighted by Gasteiger charge is 2.28. The molecule has 2 aromatic carbocycles. The standard InChI is InChI=1S/C20H21N3O/c1-13(2)23-20-15-9-5-4-8-14(15)12-18(24-3)16-10-6-7-11-17(16)19(20)21-22-23/h4-11,13,18H,12H2,1-3H3. The molecule has 1 unspecified atom stereocenters. The Balaban J connectivity index is 2.09. The van der Waals surface area contributed by atoms with Gasteiger partial charge in [-0.15, -0.1) is 5.10 Å². The molecule has 4 heteroatoms. The van der Waals surface area contributed by atoms with Gasteiger partial charge in [-0.3, -0.25) is 0 Å². The molecular weight excluding hydrogens is 298 g/mol. The van der Waals surface area contributed by atoms with Gasteiger partial charge in [0.05, 0.1) is 11.8 Å². The first-order valence-electron chi connectivity index (χ1n) is 8.36. The van der Waals surface area contributed by atoms with Crippen molar-refractivity contribution < 1.29 is 4.74 Å². The highest BCUT2D eigenvalue weighted by atomic mass is 16.5. The van der Waals surface area contributed by atoms with Gasteiger partial charge in [-0.2, -0.15) is 0 Å². The molecule has 0 amide bonds. The fourth-order valence-electron chi connectivity index (χ4n) is 3.53. The molecule has 1 heterocycles. The molecule has 0 fully saturated rings. The second kappa shape index (κ2) is 5.87. The van der Waals surface area contributed by atoms with E-state index in [1.54, 1.807) is 7.11 Å². The van der Waals surface area contributed by atoms with Crippen LogP contribution in [0.1, 0.15) is 37.1 Å². The molecule has 1 aromatic heterocycles. The maximum Gasteiger partial charge on any atom is 0.121 e. The van der Waals surface area contributed by atoms with Crippen LogP contribution in [0.15, 0.2) is 48.5 Å². The Bertz CT molecular complexity index is 882. The van der Waals surface area contributed by atoms with Crippen LogP contribution in [0.4, 0.5) is 0 Å². The molecule has 24 heavy (non-hydrogen) atoms. The summed E-state index contributed by atoms with van der Waals surface area (Å²) in [5.74, 6) is 0. The van der Waals surface area contributed by atoms with Crippen LogP contribution >= 0.6 is 0 Å². The van der Waals surface area contributed by atoms with Crippen molar-refractivity contribution in [2.24, 2.45) is 0 Å². The van der Waals surface area contributed by atoms with Gasteiger partial charge in [-0.1, -0.05) is 53.7 Å². The van der Waals surface area contributed by atoms with Crippen LogP contribution in [-0.4, -0.2) is 22.1 Å². The molecule has 1 aliphatic carbocycles. The van der Waals surface area contributed by atoms with Gasteiger partial charge in [0.15, 0.2) is 0 Å². The number of aromatic nitrogens is 3. The van der Waals surface area contributed by atoms with Crippen molar-refractivity contribution in [2.75, 3.05) is 7.11 Å². The van der Waals surface area contributed by atoms with Gasteiger partial charge < -0.3 is 4.74 Å². The molecule has 1 atom stereocenters. The van der Waals surface area contributed by atoms with Gasteiger partial charge in [-0.25, -0.2) is 4.68 Å². The smallest absolute Gasteiger partial charge is 0.121 e. The van der Waals surface area contributed by atoms with Crippen LogP contribution in [0, 0.1) is 0 Å². The Labute approximate surface area is 142 Å². The molecule has 0 saturated carbocycles. The number of rotatable bonds is 2. The summed E-state index contributed by atoms with van der Waals surface area (Å²) in [6.07, 6.45) is 0.853. The second-order valence-electron chi connectivity index (χ2n) is 6.50. The zero-order chi connectivity index (χ0) is 16.7. The predicted molar refractivity (Wildman–Crippen MR) is 94.7 cm³/mol. The van der Waals surface area contributed by atoms with Crippen molar-refractivity contribution >= 4 is 0 Å². The highest BCUT2D eigenvalue weighted by molar-refractivity contribution is 5.82. The van der Waals surface area contributed by atoms with E-state index >= 15 is 0 Å². The summed E-state index contributed by atoms with van der Waals surface area (Å²) in [7, 11) is 1.78. The van der Waals surface area contributed by atoms with Crippen LogP contribution in [-0.2, 0) is 11.2 Å². The Morgan fingerprint density at radius 2 is 1.75 bits per heavy atom. The number of fused-ring (bicyclic) bond motifs is 5. The minimum absolute atomic E-state index is 0.0136. The van der Waals surface area contributed by atoms with Crippen LogP contribution in [0.2, 0.25) is 0 Å². The first-order valence-corrected chi connectivity index (χ1v) is 8.36. The normalized spacial score (nSPS) is 16.1. The van der Waals surface area contributed by atoms with Crippen molar-refractivity contribution in [3.05, 3.63) is 59.7 Å². The average molecular weight is 319 g/mol. The number of ether oxygens (including phenoxy) is 1. The average Bonchev–Trinajstić information content (AvgIpc) is 3.03. The van der Waals surface area contributed by atoms with Gasteiger partial charge in [0.2, 0.25) is 0 Å². The van der Waals surface area contributed by atoms with E-state index in [9.17, 15) is 0 Å². The number of hydrogen-bond donors (Lipinski definition) is 0.